The van der Waals surface area contributed by atoms with Crippen molar-refractivity contribution in [3.63, 3.8) is 0 Å². The second kappa shape index (κ2) is 7.19. The fraction of sp³-hybridized carbons (Fsp3) is 0.739. The molecule has 0 saturated carbocycles. The van der Waals surface area contributed by atoms with Crippen LogP contribution in [0.15, 0.2) is 18.2 Å². The molecular formula is C23H33N3O2. The maximum absolute atomic E-state index is 5.84. The highest BCUT2D eigenvalue weighted by molar-refractivity contribution is 5.45. The molecule has 6 unspecified atom stereocenters. The van der Waals surface area contributed by atoms with Gasteiger partial charge in [0.05, 0.1) is 0 Å². The Morgan fingerprint density at radius 1 is 0.929 bits per heavy atom. The van der Waals surface area contributed by atoms with Gasteiger partial charge in [0.15, 0.2) is 11.5 Å². The van der Waals surface area contributed by atoms with Gasteiger partial charge in [-0.2, -0.15) is 0 Å². The lowest BCUT2D eigenvalue weighted by molar-refractivity contribution is -0.0387. The Balaban J connectivity index is 1.17. The van der Waals surface area contributed by atoms with Crippen molar-refractivity contribution in [1.82, 2.24) is 15.1 Å². The number of hydrogen-bond acceptors (Lipinski definition) is 5. The number of fused-ring (bicyclic) bond motifs is 5. The Bertz CT molecular complexity index is 726. The summed E-state index contributed by atoms with van der Waals surface area (Å²) in [6, 6.07) is 8.67. The Morgan fingerprint density at radius 3 is 2.75 bits per heavy atom. The summed E-state index contributed by atoms with van der Waals surface area (Å²) in [5, 5.41) is 3.85. The summed E-state index contributed by atoms with van der Waals surface area (Å²) >= 11 is 0. The van der Waals surface area contributed by atoms with E-state index in [0.29, 0.717) is 25.3 Å². The third-order valence-electron chi connectivity index (χ3n) is 8.08. The van der Waals surface area contributed by atoms with E-state index in [1.165, 1.54) is 63.7 Å². The van der Waals surface area contributed by atoms with Crippen LogP contribution in [0.2, 0.25) is 0 Å². The van der Waals surface area contributed by atoms with Crippen LogP contribution in [0.4, 0.5) is 0 Å². The minimum atomic E-state index is 0.518. The molecule has 1 aromatic carbocycles. The van der Waals surface area contributed by atoms with Crippen molar-refractivity contribution in [2.45, 2.75) is 56.7 Å². The van der Waals surface area contributed by atoms with Gasteiger partial charge in [0.1, 0.15) is 13.2 Å². The summed E-state index contributed by atoms with van der Waals surface area (Å²) in [6.45, 7) is 6.29. The second-order valence-corrected chi connectivity index (χ2v) is 9.54. The highest BCUT2D eigenvalue weighted by atomic mass is 16.6. The standard InChI is InChI=1S/C23H33N3O2/c1-2-8-25-13-17(4-6-18(25)3-1)19-14-26-15-24-20(19)12-21(26)16-5-7-22-23(11-16)28-10-9-27-22/h5,7,11,17-21,24H,1-4,6,8-10,12-15H2. The zero-order chi connectivity index (χ0) is 18.5. The smallest absolute Gasteiger partial charge is 0.161 e. The third-order valence-corrected chi connectivity index (χ3v) is 8.08. The van der Waals surface area contributed by atoms with Gasteiger partial charge in [0.25, 0.3) is 0 Å². The highest BCUT2D eigenvalue weighted by Crippen LogP contribution is 2.44. The first-order valence-corrected chi connectivity index (χ1v) is 11.5. The van der Waals surface area contributed by atoms with E-state index in [2.05, 4.69) is 33.3 Å². The molecule has 6 heterocycles. The molecule has 1 N–H and O–H groups in total. The van der Waals surface area contributed by atoms with Crippen LogP contribution in [0.1, 0.15) is 50.1 Å². The Kier molecular flexibility index (Phi) is 4.51. The van der Waals surface area contributed by atoms with Crippen molar-refractivity contribution in [3.05, 3.63) is 23.8 Å². The second-order valence-electron chi connectivity index (χ2n) is 9.54. The Labute approximate surface area is 168 Å². The van der Waals surface area contributed by atoms with Crippen molar-refractivity contribution in [2.24, 2.45) is 11.8 Å². The highest BCUT2D eigenvalue weighted by Gasteiger charge is 2.45. The summed E-state index contributed by atoms with van der Waals surface area (Å²) < 4.78 is 11.5. The van der Waals surface area contributed by atoms with E-state index < -0.39 is 0 Å². The average molecular weight is 384 g/mol. The number of nitrogens with zero attached hydrogens (tertiary/aromatic N) is 2. The molecule has 0 radical (unpaired) electrons. The number of hydrogen-bond donors (Lipinski definition) is 1. The number of rotatable bonds is 2. The molecule has 7 rings (SSSR count). The van der Waals surface area contributed by atoms with E-state index in [9.17, 15) is 0 Å². The molecule has 5 fully saturated rings. The molecule has 5 heteroatoms. The number of ether oxygens (including phenoxy) is 2. The van der Waals surface area contributed by atoms with E-state index in [-0.39, 0.29) is 0 Å². The van der Waals surface area contributed by atoms with Crippen molar-refractivity contribution in [2.75, 3.05) is 39.5 Å². The normalized spacial score (nSPS) is 40.1. The predicted molar refractivity (Wildman–Crippen MR) is 109 cm³/mol. The SMILES string of the molecule is c1cc2c(cc1C1CC3NCN1CC3C1CCC3CCCCN3C1)OCCO2. The topological polar surface area (TPSA) is 37.0 Å². The molecular weight excluding hydrogens is 350 g/mol. The summed E-state index contributed by atoms with van der Waals surface area (Å²) in [5.74, 6) is 3.51. The van der Waals surface area contributed by atoms with Crippen molar-refractivity contribution in [1.29, 1.82) is 0 Å². The fourth-order valence-corrected chi connectivity index (χ4v) is 6.60. The van der Waals surface area contributed by atoms with Crippen LogP contribution in [-0.2, 0) is 0 Å². The largest absolute Gasteiger partial charge is 0.486 e. The van der Waals surface area contributed by atoms with Gasteiger partial charge in [-0.25, -0.2) is 0 Å². The van der Waals surface area contributed by atoms with E-state index in [1.807, 2.05) is 0 Å². The van der Waals surface area contributed by atoms with Gasteiger partial charge in [-0.05, 0) is 68.2 Å². The lowest BCUT2D eigenvalue weighted by Gasteiger charge is -2.55. The molecule has 6 atom stereocenters. The van der Waals surface area contributed by atoms with Gasteiger partial charge >= 0.3 is 0 Å². The van der Waals surface area contributed by atoms with E-state index in [1.54, 1.807) is 0 Å². The number of benzene rings is 1. The van der Waals surface area contributed by atoms with Crippen LogP contribution >= 0.6 is 0 Å². The van der Waals surface area contributed by atoms with Crippen LogP contribution < -0.4 is 14.8 Å². The van der Waals surface area contributed by atoms with Crippen LogP contribution in [0.3, 0.4) is 0 Å². The molecule has 6 aliphatic heterocycles. The van der Waals surface area contributed by atoms with E-state index in [4.69, 9.17) is 9.47 Å². The first-order chi connectivity index (χ1) is 13.8. The van der Waals surface area contributed by atoms with Gasteiger partial charge in [0, 0.05) is 37.9 Å². The first-order valence-electron chi connectivity index (χ1n) is 11.5. The molecule has 152 valence electrons. The minimum absolute atomic E-state index is 0.518. The predicted octanol–water partition coefficient (Wildman–Crippen LogP) is 3.01. The lowest BCUT2D eigenvalue weighted by atomic mass is 9.72. The molecule has 6 aliphatic rings. The molecule has 5 saturated heterocycles. The van der Waals surface area contributed by atoms with Gasteiger partial charge in [-0.15, -0.1) is 0 Å². The summed E-state index contributed by atoms with van der Waals surface area (Å²) in [7, 11) is 0. The fourth-order valence-electron chi connectivity index (χ4n) is 6.60. The monoisotopic (exact) mass is 383 g/mol. The molecule has 0 spiro atoms. The number of nitrogens with one attached hydrogen (secondary N) is 1. The summed E-state index contributed by atoms with van der Waals surface area (Å²) in [5.41, 5.74) is 1.40. The van der Waals surface area contributed by atoms with Crippen LogP contribution in [0.25, 0.3) is 0 Å². The Hall–Kier alpha value is -1.30. The van der Waals surface area contributed by atoms with Gasteiger partial charge in [0.2, 0.25) is 0 Å². The molecule has 1 aromatic rings. The van der Waals surface area contributed by atoms with Crippen molar-refractivity contribution < 1.29 is 9.47 Å². The third kappa shape index (κ3) is 3.03. The quantitative estimate of drug-likeness (QED) is 0.850. The zero-order valence-corrected chi connectivity index (χ0v) is 16.8. The molecule has 28 heavy (non-hydrogen) atoms. The molecule has 5 nitrogen and oxygen atoms in total. The van der Waals surface area contributed by atoms with Crippen molar-refractivity contribution in [3.8, 4) is 11.5 Å². The van der Waals surface area contributed by atoms with Crippen LogP contribution in [0.5, 0.6) is 11.5 Å². The van der Waals surface area contributed by atoms with E-state index >= 15 is 0 Å². The summed E-state index contributed by atoms with van der Waals surface area (Å²) in [6.07, 6.45) is 8.39. The maximum atomic E-state index is 5.84. The zero-order valence-electron chi connectivity index (χ0n) is 16.8. The summed E-state index contributed by atoms with van der Waals surface area (Å²) in [4.78, 5) is 5.51. The Morgan fingerprint density at radius 2 is 1.86 bits per heavy atom. The van der Waals surface area contributed by atoms with Crippen LogP contribution in [0, 0.1) is 11.8 Å². The maximum Gasteiger partial charge on any atom is 0.161 e. The van der Waals surface area contributed by atoms with Gasteiger partial charge in [-0.1, -0.05) is 12.5 Å². The first kappa shape index (κ1) is 17.5. The number of piperidine rings is 3. The lowest BCUT2D eigenvalue weighted by Crippen LogP contribution is -2.63. The van der Waals surface area contributed by atoms with Crippen LogP contribution in [-0.4, -0.2) is 61.4 Å². The minimum Gasteiger partial charge on any atom is -0.486 e. The van der Waals surface area contributed by atoms with Crippen molar-refractivity contribution >= 4 is 0 Å². The van der Waals surface area contributed by atoms with Gasteiger partial charge < -0.3 is 19.7 Å². The average Bonchev–Trinajstić information content (AvgIpc) is 2.78. The van der Waals surface area contributed by atoms with Gasteiger partial charge in [-0.3, -0.25) is 4.90 Å². The molecule has 0 aromatic heterocycles. The van der Waals surface area contributed by atoms with E-state index in [0.717, 1.165) is 36.0 Å². The molecule has 0 aliphatic carbocycles. The molecule has 2 bridgehead atoms. The molecule has 0 amide bonds.